The molecule has 4 heteroatoms. The molecule has 0 spiro atoms. The van der Waals surface area contributed by atoms with Gasteiger partial charge in [-0.05, 0) is 24.3 Å². The average Bonchev–Trinajstić information content (AvgIpc) is 2.76. The molecule has 3 nitrogen and oxygen atoms in total. The van der Waals surface area contributed by atoms with Crippen LogP contribution in [-0.4, -0.2) is 11.4 Å². The monoisotopic (exact) mass is 240 g/mol. The van der Waals surface area contributed by atoms with E-state index in [1.165, 1.54) is 4.88 Å². The van der Waals surface area contributed by atoms with Crippen molar-refractivity contribution in [1.29, 1.82) is 0 Å². The smallest absolute Gasteiger partial charge is 0.237 e. The Kier molecular flexibility index (Phi) is 4.96. The second-order valence-electron chi connectivity index (χ2n) is 3.98. The van der Waals surface area contributed by atoms with E-state index >= 15 is 0 Å². The third-order valence-corrected chi connectivity index (χ3v) is 3.81. The number of amides is 1. The van der Waals surface area contributed by atoms with Crippen molar-refractivity contribution in [3.05, 3.63) is 22.4 Å². The largest absolute Gasteiger partial charge is 0.368 e. The van der Waals surface area contributed by atoms with E-state index in [4.69, 9.17) is 5.73 Å². The third-order valence-electron chi connectivity index (χ3n) is 2.93. The van der Waals surface area contributed by atoms with Gasteiger partial charge in [0, 0.05) is 11.4 Å². The van der Waals surface area contributed by atoms with E-state index < -0.39 is 5.54 Å². The Morgan fingerprint density at radius 3 is 2.75 bits per heavy atom. The van der Waals surface area contributed by atoms with Gasteiger partial charge in [0.2, 0.25) is 5.91 Å². The maximum absolute atomic E-state index is 11.6. The molecule has 3 N–H and O–H groups in total. The van der Waals surface area contributed by atoms with E-state index in [0.717, 1.165) is 19.3 Å². The number of hydrogen-bond acceptors (Lipinski definition) is 3. The summed E-state index contributed by atoms with van der Waals surface area (Å²) in [6, 6.07) is 4.07. The number of carbonyl (C=O) groups is 1. The summed E-state index contributed by atoms with van der Waals surface area (Å²) in [6.07, 6.45) is 2.49. The van der Waals surface area contributed by atoms with E-state index in [1.54, 1.807) is 11.3 Å². The number of nitrogens with one attached hydrogen (secondary N) is 1. The summed E-state index contributed by atoms with van der Waals surface area (Å²) < 4.78 is 0. The predicted octanol–water partition coefficient (Wildman–Crippen LogP) is 2.27. The minimum atomic E-state index is -0.543. The van der Waals surface area contributed by atoms with Gasteiger partial charge in [-0.25, -0.2) is 0 Å². The van der Waals surface area contributed by atoms with E-state index in [1.807, 2.05) is 18.4 Å². The van der Waals surface area contributed by atoms with Crippen LogP contribution in [0, 0.1) is 0 Å². The van der Waals surface area contributed by atoms with E-state index in [9.17, 15) is 4.79 Å². The van der Waals surface area contributed by atoms with Crippen LogP contribution in [0.4, 0.5) is 0 Å². The first kappa shape index (κ1) is 13.2. The van der Waals surface area contributed by atoms with E-state index in [-0.39, 0.29) is 5.91 Å². The molecule has 1 aromatic heterocycles. The molecule has 16 heavy (non-hydrogen) atoms. The molecule has 1 unspecified atom stereocenters. The summed E-state index contributed by atoms with van der Waals surface area (Å²) in [7, 11) is 0. The lowest BCUT2D eigenvalue weighted by atomic mass is 9.89. The fourth-order valence-electron chi connectivity index (χ4n) is 1.87. The number of primary amides is 1. The van der Waals surface area contributed by atoms with Gasteiger partial charge in [-0.1, -0.05) is 26.3 Å². The van der Waals surface area contributed by atoms with Crippen LogP contribution in [0.25, 0.3) is 0 Å². The lowest BCUT2D eigenvalue weighted by molar-refractivity contribution is -0.125. The quantitative estimate of drug-likeness (QED) is 0.768. The van der Waals surface area contributed by atoms with Gasteiger partial charge in [-0.15, -0.1) is 11.3 Å². The lowest BCUT2D eigenvalue weighted by Gasteiger charge is -2.30. The summed E-state index contributed by atoms with van der Waals surface area (Å²) in [5.74, 6) is -0.242. The van der Waals surface area contributed by atoms with Gasteiger partial charge in [0.25, 0.3) is 0 Å². The summed E-state index contributed by atoms with van der Waals surface area (Å²) in [4.78, 5) is 12.8. The second kappa shape index (κ2) is 6.01. The van der Waals surface area contributed by atoms with E-state index in [0.29, 0.717) is 6.54 Å². The SMILES string of the molecule is CCCC(CC)(NCc1cccs1)C(N)=O. The molecule has 1 aromatic rings. The summed E-state index contributed by atoms with van der Waals surface area (Å²) >= 11 is 1.69. The molecule has 0 aliphatic rings. The number of thiophene rings is 1. The van der Waals surface area contributed by atoms with Gasteiger partial charge in [0.15, 0.2) is 0 Å². The minimum absolute atomic E-state index is 0.242. The summed E-state index contributed by atoms with van der Waals surface area (Å²) in [6.45, 7) is 4.79. The van der Waals surface area contributed by atoms with Crippen LogP contribution in [0.1, 0.15) is 38.0 Å². The highest BCUT2D eigenvalue weighted by molar-refractivity contribution is 7.09. The molecule has 1 amide bonds. The van der Waals surface area contributed by atoms with Crippen molar-refractivity contribution in [2.45, 2.75) is 45.2 Å². The molecular formula is C12H20N2OS. The molecule has 0 aromatic carbocycles. The third kappa shape index (κ3) is 3.06. The standard InChI is InChI=1S/C12H20N2OS/c1-3-7-12(4-2,11(13)15)14-9-10-6-5-8-16-10/h5-6,8,14H,3-4,7,9H2,1-2H3,(H2,13,15). The summed E-state index contributed by atoms with van der Waals surface area (Å²) in [5.41, 5.74) is 4.97. The molecule has 0 aliphatic carbocycles. The first-order chi connectivity index (χ1) is 7.64. The number of hydrogen-bond donors (Lipinski definition) is 2. The average molecular weight is 240 g/mol. The number of carbonyl (C=O) groups excluding carboxylic acids is 1. The van der Waals surface area contributed by atoms with Crippen molar-refractivity contribution in [1.82, 2.24) is 5.32 Å². The molecule has 0 saturated carbocycles. The zero-order valence-corrected chi connectivity index (χ0v) is 10.8. The van der Waals surface area contributed by atoms with Crippen molar-refractivity contribution in [2.75, 3.05) is 0 Å². The first-order valence-electron chi connectivity index (χ1n) is 5.72. The van der Waals surface area contributed by atoms with Gasteiger partial charge < -0.3 is 5.73 Å². The Labute approximate surface area is 101 Å². The second-order valence-corrected chi connectivity index (χ2v) is 5.02. The fraction of sp³-hybridized carbons (Fsp3) is 0.583. The fourth-order valence-corrected chi connectivity index (χ4v) is 2.52. The molecular weight excluding hydrogens is 220 g/mol. The predicted molar refractivity (Wildman–Crippen MR) is 68.3 cm³/mol. The molecule has 0 aliphatic heterocycles. The number of rotatable bonds is 7. The van der Waals surface area contributed by atoms with E-state index in [2.05, 4.69) is 18.3 Å². The molecule has 0 fully saturated rings. The Morgan fingerprint density at radius 1 is 1.56 bits per heavy atom. The Hall–Kier alpha value is -0.870. The van der Waals surface area contributed by atoms with Crippen LogP contribution in [0.2, 0.25) is 0 Å². The van der Waals surface area contributed by atoms with Gasteiger partial charge in [0.05, 0.1) is 5.54 Å². The first-order valence-corrected chi connectivity index (χ1v) is 6.60. The van der Waals surface area contributed by atoms with Gasteiger partial charge in [-0.2, -0.15) is 0 Å². The van der Waals surface area contributed by atoms with Crippen molar-refractivity contribution < 1.29 is 4.79 Å². The molecule has 0 saturated heterocycles. The lowest BCUT2D eigenvalue weighted by Crippen LogP contribution is -2.54. The highest BCUT2D eigenvalue weighted by Crippen LogP contribution is 2.19. The Bertz CT molecular complexity index is 324. The van der Waals surface area contributed by atoms with Crippen LogP contribution in [0.15, 0.2) is 17.5 Å². The van der Waals surface area contributed by atoms with Crippen LogP contribution < -0.4 is 11.1 Å². The van der Waals surface area contributed by atoms with Crippen LogP contribution >= 0.6 is 11.3 Å². The normalized spacial score (nSPS) is 14.6. The minimum Gasteiger partial charge on any atom is -0.368 e. The Morgan fingerprint density at radius 2 is 2.31 bits per heavy atom. The summed E-state index contributed by atoms with van der Waals surface area (Å²) in [5, 5.41) is 5.36. The van der Waals surface area contributed by atoms with Crippen molar-refractivity contribution in [3.8, 4) is 0 Å². The molecule has 0 radical (unpaired) electrons. The molecule has 1 atom stereocenters. The van der Waals surface area contributed by atoms with Gasteiger partial charge in [-0.3, -0.25) is 10.1 Å². The van der Waals surface area contributed by atoms with Crippen LogP contribution in [0.5, 0.6) is 0 Å². The van der Waals surface area contributed by atoms with Crippen molar-refractivity contribution in [2.24, 2.45) is 5.73 Å². The van der Waals surface area contributed by atoms with Crippen LogP contribution in [0.3, 0.4) is 0 Å². The molecule has 90 valence electrons. The number of nitrogens with two attached hydrogens (primary N) is 1. The maximum atomic E-state index is 11.6. The molecule has 1 rings (SSSR count). The van der Waals surface area contributed by atoms with Crippen molar-refractivity contribution in [3.63, 3.8) is 0 Å². The highest BCUT2D eigenvalue weighted by atomic mass is 32.1. The zero-order valence-electron chi connectivity index (χ0n) is 9.95. The van der Waals surface area contributed by atoms with Gasteiger partial charge >= 0.3 is 0 Å². The maximum Gasteiger partial charge on any atom is 0.237 e. The van der Waals surface area contributed by atoms with Crippen molar-refractivity contribution >= 4 is 17.2 Å². The Balaban J connectivity index is 2.66. The van der Waals surface area contributed by atoms with Crippen LogP contribution in [-0.2, 0) is 11.3 Å². The van der Waals surface area contributed by atoms with Gasteiger partial charge in [0.1, 0.15) is 0 Å². The topological polar surface area (TPSA) is 55.1 Å². The highest BCUT2D eigenvalue weighted by Gasteiger charge is 2.32. The molecule has 0 bridgehead atoms. The molecule has 1 heterocycles. The zero-order chi connectivity index (χ0) is 12.0.